The summed E-state index contributed by atoms with van der Waals surface area (Å²) in [7, 11) is 0. The SMILES string of the molecule is CCCCCCCCOc1ccc(-c2ccc(C3OCC(CCCCCCC)CO3)cc2)c(F)c1F. The zero-order chi connectivity index (χ0) is 25.6. The number of halogens is 2. The summed E-state index contributed by atoms with van der Waals surface area (Å²) in [5.74, 6) is -1.39. The molecule has 200 valence electrons. The minimum Gasteiger partial charge on any atom is -0.490 e. The highest BCUT2D eigenvalue weighted by Crippen LogP contribution is 2.32. The quantitative estimate of drug-likeness (QED) is 0.214. The number of benzene rings is 2. The summed E-state index contributed by atoms with van der Waals surface area (Å²) in [6, 6.07) is 10.4. The fraction of sp³-hybridized carbons (Fsp3) is 0.613. The van der Waals surface area contributed by atoms with Crippen LogP contribution in [0.4, 0.5) is 8.78 Å². The topological polar surface area (TPSA) is 27.7 Å². The average molecular weight is 503 g/mol. The maximum Gasteiger partial charge on any atom is 0.201 e. The molecule has 0 unspecified atom stereocenters. The number of rotatable bonds is 16. The van der Waals surface area contributed by atoms with Crippen molar-refractivity contribution >= 4 is 0 Å². The summed E-state index contributed by atoms with van der Waals surface area (Å²) >= 11 is 0. The van der Waals surface area contributed by atoms with Crippen molar-refractivity contribution in [3.05, 3.63) is 53.6 Å². The van der Waals surface area contributed by atoms with E-state index in [2.05, 4.69) is 13.8 Å². The van der Waals surface area contributed by atoms with E-state index in [9.17, 15) is 8.78 Å². The van der Waals surface area contributed by atoms with Crippen LogP contribution in [0.5, 0.6) is 5.75 Å². The maximum absolute atomic E-state index is 14.8. The van der Waals surface area contributed by atoms with Gasteiger partial charge in [-0.2, -0.15) is 4.39 Å². The molecule has 1 saturated heterocycles. The first kappa shape index (κ1) is 28.6. The molecule has 0 aromatic heterocycles. The van der Waals surface area contributed by atoms with Gasteiger partial charge in [-0.05, 0) is 30.5 Å². The lowest BCUT2D eigenvalue weighted by molar-refractivity contribution is -0.206. The Morgan fingerprint density at radius 1 is 0.722 bits per heavy atom. The molecule has 3 nitrogen and oxygen atoms in total. The molecule has 1 heterocycles. The van der Waals surface area contributed by atoms with Crippen LogP contribution in [-0.4, -0.2) is 19.8 Å². The maximum atomic E-state index is 14.8. The van der Waals surface area contributed by atoms with Crippen LogP contribution in [0.1, 0.15) is 103 Å². The van der Waals surface area contributed by atoms with Gasteiger partial charge in [0.25, 0.3) is 0 Å². The fourth-order valence-corrected chi connectivity index (χ4v) is 4.69. The van der Waals surface area contributed by atoms with Crippen LogP contribution < -0.4 is 4.74 Å². The monoisotopic (exact) mass is 502 g/mol. The van der Waals surface area contributed by atoms with Gasteiger partial charge in [0.1, 0.15) is 0 Å². The molecule has 0 aliphatic carbocycles. The second-order valence-electron chi connectivity index (χ2n) is 10.0. The van der Waals surface area contributed by atoms with Crippen molar-refractivity contribution in [3.8, 4) is 16.9 Å². The summed E-state index contributed by atoms with van der Waals surface area (Å²) in [5, 5.41) is 0. The molecule has 5 heteroatoms. The molecular weight excluding hydrogens is 458 g/mol. The smallest absolute Gasteiger partial charge is 0.201 e. The molecule has 1 aliphatic rings. The number of hydrogen-bond acceptors (Lipinski definition) is 3. The van der Waals surface area contributed by atoms with Crippen LogP contribution in [0.3, 0.4) is 0 Å². The van der Waals surface area contributed by atoms with Gasteiger partial charge < -0.3 is 14.2 Å². The molecule has 0 atom stereocenters. The molecule has 0 radical (unpaired) electrons. The summed E-state index contributed by atoms with van der Waals surface area (Å²) in [4.78, 5) is 0. The van der Waals surface area contributed by atoms with E-state index >= 15 is 0 Å². The van der Waals surface area contributed by atoms with Gasteiger partial charge in [-0.15, -0.1) is 0 Å². The van der Waals surface area contributed by atoms with Crippen molar-refractivity contribution in [2.45, 2.75) is 97.2 Å². The minimum atomic E-state index is -0.928. The van der Waals surface area contributed by atoms with Crippen LogP contribution in [0.2, 0.25) is 0 Å². The highest BCUT2D eigenvalue weighted by molar-refractivity contribution is 5.65. The lowest BCUT2D eigenvalue weighted by atomic mass is 10.0. The van der Waals surface area contributed by atoms with Gasteiger partial charge in [0, 0.05) is 17.0 Å². The van der Waals surface area contributed by atoms with Crippen LogP contribution in [0.25, 0.3) is 11.1 Å². The summed E-state index contributed by atoms with van der Waals surface area (Å²) < 4.78 is 46.9. The molecule has 0 saturated carbocycles. The fourth-order valence-electron chi connectivity index (χ4n) is 4.69. The van der Waals surface area contributed by atoms with E-state index < -0.39 is 17.9 Å². The van der Waals surface area contributed by atoms with Gasteiger partial charge in [0.05, 0.1) is 19.8 Å². The first-order chi connectivity index (χ1) is 17.6. The number of hydrogen-bond donors (Lipinski definition) is 0. The van der Waals surface area contributed by atoms with Crippen molar-refractivity contribution in [1.82, 2.24) is 0 Å². The van der Waals surface area contributed by atoms with Crippen LogP contribution >= 0.6 is 0 Å². The number of ether oxygens (including phenoxy) is 3. The van der Waals surface area contributed by atoms with E-state index in [1.165, 1.54) is 57.4 Å². The van der Waals surface area contributed by atoms with E-state index in [1.807, 2.05) is 12.1 Å². The normalized spacial score (nSPS) is 17.9. The molecular formula is C31H44F2O3. The first-order valence-corrected chi connectivity index (χ1v) is 14.1. The van der Waals surface area contributed by atoms with E-state index in [4.69, 9.17) is 14.2 Å². The molecule has 3 rings (SSSR count). The molecule has 1 fully saturated rings. The zero-order valence-electron chi connectivity index (χ0n) is 22.2. The average Bonchev–Trinajstić information content (AvgIpc) is 2.91. The van der Waals surface area contributed by atoms with Crippen molar-refractivity contribution in [1.29, 1.82) is 0 Å². The molecule has 0 bridgehead atoms. The Morgan fingerprint density at radius 3 is 2.00 bits per heavy atom. The predicted octanol–water partition coefficient (Wildman–Crippen LogP) is 9.39. The van der Waals surface area contributed by atoms with Crippen molar-refractivity contribution in [2.24, 2.45) is 5.92 Å². The largest absolute Gasteiger partial charge is 0.490 e. The van der Waals surface area contributed by atoms with E-state index in [0.29, 0.717) is 31.3 Å². The highest BCUT2D eigenvalue weighted by atomic mass is 19.2. The lowest BCUT2D eigenvalue weighted by Crippen LogP contribution is -2.27. The van der Waals surface area contributed by atoms with Crippen molar-refractivity contribution < 1.29 is 23.0 Å². The van der Waals surface area contributed by atoms with Gasteiger partial charge in [0.15, 0.2) is 17.9 Å². The molecule has 1 aliphatic heterocycles. The zero-order valence-corrected chi connectivity index (χ0v) is 22.2. The Labute approximate surface area is 216 Å². The van der Waals surface area contributed by atoms with Gasteiger partial charge >= 0.3 is 0 Å². The second kappa shape index (κ2) is 16.0. The molecule has 2 aromatic rings. The van der Waals surface area contributed by atoms with Crippen molar-refractivity contribution in [3.63, 3.8) is 0 Å². The van der Waals surface area contributed by atoms with Crippen molar-refractivity contribution in [2.75, 3.05) is 19.8 Å². The molecule has 0 spiro atoms. The Bertz CT molecular complexity index is 876. The van der Waals surface area contributed by atoms with Gasteiger partial charge in [-0.1, -0.05) is 102 Å². The second-order valence-corrected chi connectivity index (χ2v) is 10.0. The Kier molecular flexibility index (Phi) is 12.7. The first-order valence-electron chi connectivity index (χ1n) is 14.1. The van der Waals surface area contributed by atoms with Crippen LogP contribution in [0.15, 0.2) is 36.4 Å². The van der Waals surface area contributed by atoms with E-state index in [1.54, 1.807) is 18.2 Å². The lowest BCUT2D eigenvalue weighted by Gasteiger charge is -2.29. The molecule has 2 aromatic carbocycles. The van der Waals surface area contributed by atoms with Gasteiger partial charge in [0.2, 0.25) is 5.82 Å². The molecule has 0 N–H and O–H groups in total. The summed E-state index contributed by atoms with van der Waals surface area (Å²) in [6.07, 6.45) is 13.8. The molecule has 0 amide bonds. The number of unbranched alkanes of at least 4 members (excludes halogenated alkanes) is 9. The highest BCUT2D eigenvalue weighted by Gasteiger charge is 2.23. The molecule has 36 heavy (non-hydrogen) atoms. The third-order valence-electron chi connectivity index (χ3n) is 6.98. The Morgan fingerprint density at radius 2 is 1.33 bits per heavy atom. The third kappa shape index (κ3) is 8.85. The van der Waals surface area contributed by atoms with Gasteiger partial charge in [-0.3, -0.25) is 0 Å². The summed E-state index contributed by atoms with van der Waals surface area (Å²) in [5.41, 5.74) is 1.72. The predicted molar refractivity (Wildman–Crippen MR) is 142 cm³/mol. The Hall–Kier alpha value is -1.98. The third-order valence-corrected chi connectivity index (χ3v) is 6.98. The standard InChI is InChI=1S/C31H44F2O3/c1-3-5-7-9-11-13-21-34-28-20-19-27(29(32)30(28)33)25-15-17-26(18-16-25)31-35-22-24(23-36-31)14-12-10-8-6-4-2/h15-20,24,31H,3-14,21-23H2,1-2H3. The van der Waals surface area contributed by atoms with E-state index in [0.717, 1.165) is 31.2 Å². The minimum absolute atomic E-state index is 0.0228. The van der Waals surface area contributed by atoms with E-state index in [-0.39, 0.29) is 11.3 Å². The van der Waals surface area contributed by atoms with Crippen LogP contribution in [-0.2, 0) is 9.47 Å². The Balaban J connectivity index is 1.47. The van der Waals surface area contributed by atoms with Crippen LogP contribution in [0, 0.1) is 17.6 Å². The summed E-state index contributed by atoms with van der Waals surface area (Å²) in [6.45, 7) is 6.20. The van der Waals surface area contributed by atoms with Gasteiger partial charge in [-0.25, -0.2) is 4.39 Å².